The number of nitrogens with one attached hydrogen (secondary N) is 1. The Bertz CT molecular complexity index is 216. The van der Waals surface area contributed by atoms with Gasteiger partial charge in [-0.05, 0) is 25.7 Å². The minimum absolute atomic E-state index is 0.168. The van der Waals surface area contributed by atoms with Gasteiger partial charge in [0.05, 0.1) is 6.67 Å². The Balaban J connectivity index is 2.46. The fraction of sp³-hybridized carbons (Fsp3) is 0.778. The van der Waals surface area contributed by atoms with Gasteiger partial charge in [-0.15, -0.1) is 0 Å². The molecule has 1 rings (SSSR count). The second-order valence-corrected chi connectivity index (χ2v) is 3.34. The van der Waals surface area contributed by atoms with E-state index >= 15 is 0 Å². The van der Waals surface area contributed by atoms with Gasteiger partial charge < -0.3 is 0 Å². The number of carbonyl (C=O) groups excluding carboxylic acids is 1. The Labute approximate surface area is 77.4 Å². The summed E-state index contributed by atoms with van der Waals surface area (Å²) in [5, 5.41) is 3.97. The van der Waals surface area contributed by atoms with Gasteiger partial charge in [-0.3, -0.25) is 9.18 Å². The lowest BCUT2D eigenvalue weighted by atomic mass is 10.0. The molecule has 1 amide bonds. The number of amides is 1. The summed E-state index contributed by atoms with van der Waals surface area (Å²) < 4.78 is 12.1. The molecule has 0 saturated heterocycles. The highest BCUT2D eigenvalue weighted by Gasteiger charge is 2.22. The first kappa shape index (κ1) is 10.2. The van der Waals surface area contributed by atoms with Crippen LogP contribution in [0.15, 0.2) is 5.10 Å². The maximum atomic E-state index is 12.1. The number of alkyl halides is 1. The molecule has 1 N–H and O–H groups in total. The van der Waals surface area contributed by atoms with Crippen LogP contribution >= 0.6 is 0 Å². The average molecular weight is 186 g/mol. The quantitative estimate of drug-likeness (QED) is 0.669. The smallest absolute Gasteiger partial charge is 0.236 e. The SMILES string of the molecule is CC(=O)N/N=C1/CCCC1CCF. The maximum absolute atomic E-state index is 12.1. The highest BCUT2D eigenvalue weighted by Crippen LogP contribution is 2.25. The zero-order valence-corrected chi connectivity index (χ0v) is 7.85. The largest absolute Gasteiger partial charge is 0.274 e. The Hall–Kier alpha value is -0.930. The molecule has 0 bridgehead atoms. The van der Waals surface area contributed by atoms with Crippen molar-refractivity contribution in [1.29, 1.82) is 0 Å². The van der Waals surface area contributed by atoms with Gasteiger partial charge >= 0.3 is 0 Å². The molecule has 13 heavy (non-hydrogen) atoms. The summed E-state index contributed by atoms with van der Waals surface area (Å²) in [6.45, 7) is 1.12. The van der Waals surface area contributed by atoms with Crippen molar-refractivity contribution in [2.45, 2.75) is 32.6 Å². The zero-order valence-electron chi connectivity index (χ0n) is 7.85. The number of hydrogen-bond donors (Lipinski definition) is 1. The van der Waals surface area contributed by atoms with Gasteiger partial charge in [0.1, 0.15) is 0 Å². The summed E-state index contributed by atoms with van der Waals surface area (Å²) in [5.41, 5.74) is 3.35. The van der Waals surface area contributed by atoms with E-state index in [-0.39, 0.29) is 18.5 Å². The summed E-state index contributed by atoms with van der Waals surface area (Å²) in [6.07, 6.45) is 3.49. The topological polar surface area (TPSA) is 41.5 Å². The van der Waals surface area contributed by atoms with Crippen molar-refractivity contribution in [1.82, 2.24) is 5.43 Å². The second-order valence-electron chi connectivity index (χ2n) is 3.34. The van der Waals surface area contributed by atoms with E-state index in [1.807, 2.05) is 0 Å². The zero-order chi connectivity index (χ0) is 9.68. The first-order valence-corrected chi connectivity index (χ1v) is 4.63. The first-order chi connectivity index (χ1) is 6.24. The van der Waals surface area contributed by atoms with Gasteiger partial charge in [0.25, 0.3) is 0 Å². The molecule has 3 nitrogen and oxygen atoms in total. The Morgan fingerprint density at radius 2 is 2.54 bits per heavy atom. The normalized spacial score (nSPS) is 25.1. The van der Waals surface area contributed by atoms with E-state index in [9.17, 15) is 9.18 Å². The van der Waals surface area contributed by atoms with Crippen LogP contribution in [0.5, 0.6) is 0 Å². The Kier molecular flexibility index (Phi) is 3.86. The molecular formula is C9H15FN2O. The third-order valence-electron chi connectivity index (χ3n) is 2.27. The fourth-order valence-corrected chi connectivity index (χ4v) is 1.64. The number of hydrazone groups is 1. The highest BCUT2D eigenvalue weighted by molar-refractivity contribution is 5.89. The minimum atomic E-state index is -0.302. The molecule has 0 radical (unpaired) electrons. The molecule has 0 aromatic rings. The second kappa shape index (κ2) is 4.94. The average Bonchev–Trinajstić information content (AvgIpc) is 2.49. The van der Waals surface area contributed by atoms with Crippen molar-refractivity contribution < 1.29 is 9.18 Å². The Morgan fingerprint density at radius 1 is 1.77 bits per heavy atom. The fourth-order valence-electron chi connectivity index (χ4n) is 1.64. The van der Waals surface area contributed by atoms with E-state index in [1.54, 1.807) is 0 Å². The number of nitrogens with zero attached hydrogens (tertiary/aromatic N) is 1. The van der Waals surface area contributed by atoms with Gasteiger partial charge in [0, 0.05) is 18.6 Å². The lowest BCUT2D eigenvalue weighted by molar-refractivity contribution is -0.118. The van der Waals surface area contributed by atoms with Crippen LogP contribution < -0.4 is 5.43 Å². The molecule has 1 unspecified atom stereocenters. The van der Waals surface area contributed by atoms with Crippen molar-refractivity contribution in [3.63, 3.8) is 0 Å². The third-order valence-corrected chi connectivity index (χ3v) is 2.27. The lowest BCUT2D eigenvalue weighted by Gasteiger charge is -2.07. The van der Waals surface area contributed by atoms with Crippen molar-refractivity contribution >= 4 is 11.6 Å². The third kappa shape index (κ3) is 3.13. The van der Waals surface area contributed by atoms with Crippen LogP contribution in [0.2, 0.25) is 0 Å². The molecule has 0 aliphatic heterocycles. The summed E-state index contributed by atoms with van der Waals surface area (Å²) in [5.74, 6) is 0.0789. The predicted molar refractivity (Wildman–Crippen MR) is 49.2 cm³/mol. The van der Waals surface area contributed by atoms with E-state index in [0.717, 1.165) is 25.0 Å². The molecule has 1 fully saturated rings. The first-order valence-electron chi connectivity index (χ1n) is 4.63. The van der Waals surface area contributed by atoms with E-state index < -0.39 is 0 Å². The van der Waals surface area contributed by atoms with E-state index in [1.165, 1.54) is 6.92 Å². The lowest BCUT2D eigenvalue weighted by Crippen LogP contribution is -2.18. The molecule has 0 aromatic carbocycles. The summed E-state index contributed by atoms with van der Waals surface area (Å²) >= 11 is 0. The summed E-state index contributed by atoms with van der Waals surface area (Å²) in [6, 6.07) is 0. The van der Waals surface area contributed by atoms with Crippen LogP contribution in [-0.4, -0.2) is 18.3 Å². The summed E-state index contributed by atoms with van der Waals surface area (Å²) in [7, 11) is 0. The molecule has 1 saturated carbocycles. The number of carbonyl (C=O) groups is 1. The van der Waals surface area contributed by atoms with Gasteiger partial charge in [-0.25, -0.2) is 5.43 Å². The van der Waals surface area contributed by atoms with Crippen molar-refractivity contribution in [3.8, 4) is 0 Å². The van der Waals surface area contributed by atoms with Crippen LogP contribution in [0.4, 0.5) is 4.39 Å². The monoisotopic (exact) mass is 186 g/mol. The molecule has 0 heterocycles. The molecule has 1 aliphatic carbocycles. The van der Waals surface area contributed by atoms with Crippen LogP contribution in [0, 0.1) is 5.92 Å². The minimum Gasteiger partial charge on any atom is -0.274 e. The van der Waals surface area contributed by atoms with Crippen LogP contribution in [0.25, 0.3) is 0 Å². The van der Waals surface area contributed by atoms with Gasteiger partial charge in [-0.1, -0.05) is 0 Å². The molecule has 0 spiro atoms. The van der Waals surface area contributed by atoms with E-state index in [2.05, 4.69) is 10.5 Å². The van der Waals surface area contributed by atoms with Crippen molar-refractivity contribution in [3.05, 3.63) is 0 Å². The van der Waals surface area contributed by atoms with Gasteiger partial charge in [0.2, 0.25) is 5.91 Å². The van der Waals surface area contributed by atoms with Gasteiger partial charge in [0.15, 0.2) is 0 Å². The van der Waals surface area contributed by atoms with Crippen LogP contribution in [0.1, 0.15) is 32.6 Å². The molecular weight excluding hydrogens is 171 g/mol. The standard InChI is InChI=1S/C9H15FN2O/c1-7(13)11-12-9-4-2-3-8(9)5-6-10/h8H,2-6H2,1H3,(H,11,13)/b12-9-. The number of hydrogen-bond acceptors (Lipinski definition) is 2. The number of rotatable bonds is 3. The van der Waals surface area contributed by atoms with Gasteiger partial charge in [-0.2, -0.15) is 5.10 Å². The Morgan fingerprint density at radius 3 is 3.15 bits per heavy atom. The van der Waals surface area contributed by atoms with E-state index in [4.69, 9.17) is 0 Å². The predicted octanol–water partition coefficient (Wildman–Crippen LogP) is 1.64. The summed E-state index contributed by atoms with van der Waals surface area (Å²) in [4.78, 5) is 10.6. The van der Waals surface area contributed by atoms with Crippen molar-refractivity contribution in [2.75, 3.05) is 6.67 Å². The molecule has 1 aliphatic rings. The highest BCUT2D eigenvalue weighted by atomic mass is 19.1. The molecule has 0 aromatic heterocycles. The molecule has 74 valence electrons. The van der Waals surface area contributed by atoms with Crippen LogP contribution in [-0.2, 0) is 4.79 Å². The molecule has 1 atom stereocenters. The van der Waals surface area contributed by atoms with Crippen molar-refractivity contribution in [2.24, 2.45) is 11.0 Å². The molecule has 4 heteroatoms. The number of halogens is 1. The maximum Gasteiger partial charge on any atom is 0.236 e. The van der Waals surface area contributed by atoms with Crippen LogP contribution in [0.3, 0.4) is 0 Å². The van der Waals surface area contributed by atoms with E-state index in [0.29, 0.717) is 6.42 Å².